The third-order valence-corrected chi connectivity index (χ3v) is 5.29. The van der Waals surface area contributed by atoms with Crippen LogP contribution in [0.15, 0.2) is 22.7 Å². The SMILES string of the molecule is CC(C(N)Cc1ccc(Br)cc1Cl)S(C)(=O)=O. The third kappa shape index (κ3) is 4.25. The van der Waals surface area contributed by atoms with E-state index < -0.39 is 21.1 Å². The summed E-state index contributed by atoms with van der Waals surface area (Å²) in [5.74, 6) is 0. The second-order valence-corrected chi connectivity index (χ2v) is 7.86. The summed E-state index contributed by atoms with van der Waals surface area (Å²) in [4.78, 5) is 0. The Bertz CT molecular complexity index is 504. The van der Waals surface area contributed by atoms with Gasteiger partial charge < -0.3 is 5.73 Å². The van der Waals surface area contributed by atoms with Gasteiger partial charge in [0.1, 0.15) is 0 Å². The molecule has 3 nitrogen and oxygen atoms in total. The van der Waals surface area contributed by atoms with Crippen molar-refractivity contribution in [3.8, 4) is 0 Å². The van der Waals surface area contributed by atoms with Crippen molar-refractivity contribution in [3.05, 3.63) is 33.3 Å². The average Bonchev–Trinajstić information content (AvgIpc) is 2.19. The van der Waals surface area contributed by atoms with Gasteiger partial charge in [0.2, 0.25) is 0 Å². The van der Waals surface area contributed by atoms with E-state index in [-0.39, 0.29) is 0 Å². The number of sulfone groups is 1. The number of halogens is 2. The molecule has 17 heavy (non-hydrogen) atoms. The van der Waals surface area contributed by atoms with Crippen molar-refractivity contribution >= 4 is 37.4 Å². The number of nitrogens with two attached hydrogens (primary N) is 1. The highest BCUT2D eigenvalue weighted by atomic mass is 79.9. The molecule has 0 saturated heterocycles. The lowest BCUT2D eigenvalue weighted by molar-refractivity contribution is 0.562. The summed E-state index contributed by atoms with van der Waals surface area (Å²) >= 11 is 9.37. The Hall–Kier alpha value is -0.100. The van der Waals surface area contributed by atoms with Gasteiger partial charge in [-0.3, -0.25) is 0 Å². The van der Waals surface area contributed by atoms with Gasteiger partial charge >= 0.3 is 0 Å². The van der Waals surface area contributed by atoms with E-state index in [2.05, 4.69) is 15.9 Å². The molecule has 0 saturated carbocycles. The molecule has 0 heterocycles. The molecule has 1 aromatic carbocycles. The van der Waals surface area contributed by atoms with Crippen molar-refractivity contribution in [2.75, 3.05) is 6.26 Å². The van der Waals surface area contributed by atoms with Crippen molar-refractivity contribution in [1.82, 2.24) is 0 Å². The summed E-state index contributed by atoms with van der Waals surface area (Å²) in [5.41, 5.74) is 6.75. The summed E-state index contributed by atoms with van der Waals surface area (Å²) in [5, 5.41) is 0.0118. The first-order valence-corrected chi connectivity index (χ1v) is 8.22. The summed E-state index contributed by atoms with van der Waals surface area (Å²) in [7, 11) is -3.12. The van der Waals surface area contributed by atoms with Crippen LogP contribution < -0.4 is 5.73 Å². The minimum Gasteiger partial charge on any atom is -0.326 e. The Kier molecular flexibility index (Phi) is 5.01. The Labute approximate surface area is 115 Å². The Morgan fingerprint density at radius 3 is 2.53 bits per heavy atom. The van der Waals surface area contributed by atoms with E-state index >= 15 is 0 Å². The normalized spacial score (nSPS) is 15.6. The molecule has 0 radical (unpaired) electrons. The van der Waals surface area contributed by atoms with Crippen LogP contribution >= 0.6 is 27.5 Å². The van der Waals surface area contributed by atoms with E-state index in [1.54, 1.807) is 13.0 Å². The van der Waals surface area contributed by atoms with Crippen LogP contribution in [0.5, 0.6) is 0 Å². The fraction of sp³-hybridized carbons (Fsp3) is 0.455. The number of hydrogen-bond acceptors (Lipinski definition) is 3. The van der Waals surface area contributed by atoms with E-state index in [0.717, 1.165) is 10.0 Å². The molecule has 6 heteroatoms. The molecular weight excluding hydrogens is 326 g/mol. The second kappa shape index (κ2) is 5.69. The molecule has 96 valence electrons. The number of rotatable bonds is 4. The van der Waals surface area contributed by atoms with E-state index in [9.17, 15) is 8.42 Å². The van der Waals surface area contributed by atoms with E-state index in [1.165, 1.54) is 6.26 Å². The average molecular weight is 341 g/mol. The number of benzene rings is 1. The van der Waals surface area contributed by atoms with Crippen molar-refractivity contribution in [3.63, 3.8) is 0 Å². The van der Waals surface area contributed by atoms with Crippen LogP contribution in [0, 0.1) is 0 Å². The highest BCUT2D eigenvalue weighted by Gasteiger charge is 2.23. The molecule has 2 atom stereocenters. The van der Waals surface area contributed by atoms with Gasteiger partial charge in [-0.2, -0.15) is 0 Å². The van der Waals surface area contributed by atoms with E-state index in [4.69, 9.17) is 17.3 Å². The summed E-state index contributed by atoms with van der Waals surface area (Å²) in [6, 6.07) is 5.03. The maximum absolute atomic E-state index is 11.4. The zero-order valence-electron chi connectivity index (χ0n) is 9.65. The predicted molar refractivity (Wildman–Crippen MR) is 75.1 cm³/mol. The Morgan fingerprint density at radius 1 is 1.47 bits per heavy atom. The first-order chi connectivity index (χ1) is 7.71. The zero-order chi connectivity index (χ0) is 13.2. The first kappa shape index (κ1) is 15.0. The maximum Gasteiger partial charge on any atom is 0.151 e. The smallest absolute Gasteiger partial charge is 0.151 e. The molecule has 1 rings (SSSR count). The molecule has 0 fully saturated rings. The van der Waals surface area contributed by atoms with Crippen LogP contribution in [-0.4, -0.2) is 26.0 Å². The maximum atomic E-state index is 11.4. The first-order valence-electron chi connectivity index (χ1n) is 5.10. The molecule has 2 N–H and O–H groups in total. The van der Waals surface area contributed by atoms with E-state index in [0.29, 0.717) is 11.4 Å². The van der Waals surface area contributed by atoms with Crippen LogP contribution in [0.4, 0.5) is 0 Å². The van der Waals surface area contributed by atoms with Gasteiger partial charge in [0.25, 0.3) is 0 Å². The van der Waals surface area contributed by atoms with Gasteiger partial charge in [0.15, 0.2) is 9.84 Å². The molecule has 0 aromatic heterocycles. The quantitative estimate of drug-likeness (QED) is 0.915. The second-order valence-electron chi connectivity index (χ2n) is 4.14. The van der Waals surface area contributed by atoms with Crippen molar-refractivity contribution in [2.24, 2.45) is 5.73 Å². The lowest BCUT2D eigenvalue weighted by atomic mass is 10.0. The van der Waals surface area contributed by atoms with E-state index in [1.807, 2.05) is 12.1 Å². The standard InChI is InChI=1S/C11H15BrClNO2S/c1-7(17(2,15)16)11(14)5-8-3-4-9(12)6-10(8)13/h3-4,6-7,11H,5,14H2,1-2H3. The molecule has 0 aliphatic heterocycles. The minimum atomic E-state index is -3.12. The van der Waals surface area contributed by atoms with Crippen LogP contribution in [0.1, 0.15) is 12.5 Å². The third-order valence-electron chi connectivity index (χ3n) is 2.75. The van der Waals surface area contributed by atoms with Crippen LogP contribution in [0.25, 0.3) is 0 Å². The Balaban J connectivity index is 2.85. The molecule has 0 bridgehead atoms. The van der Waals surface area contributed by atoms with Crippen LogP contribution in [-0.2, 0) is 16.3 Å². The molecule has 2 unspecified atom stereocenters. The van der Waals surface area contributed by atoms with Gasteiger partial charge in [-0.15, -0.1) is 0 Å². The predicted octanol–water partition coefficient (Wildman–Crippen LogP) is 2.41. The monoisotopic (exact) mass is 339 g/mol. The largest absolute Gasteiger partial charge is 0.326 e. The summed E-state index contributed by atoms with van der Waals surface area (Å²) in [6.07, 6.45) is 1.64. The molecular formula is C11H15BrClNO2S. The van der Waals surface area contributed by atoms with Gasteiger partial charge in [0, 0.05) is 21.8 Å². The summed E-state index contributed by atoms with van der Waals surface area (Å²) < 4.78 is 23.6. The molecule has 0 spiro atoms. The minimum absolute atomic E-state index is 0.445. The van der Waals surface area contributed by atoms with Crippen molar-refractivity contribution in [2.45, 2.75) is 24.6 Å². The van der Waals surface area contributed by atoms with Crippen molar-refractivity contribution < 1.29 is 8.42 Å². The van der Waals surface area contributed by atoms with Crippen molar-refractivity contribution in [1.29, 1.82) is 0 Å². The fourth-order valence-corrected chi connectivity index (χ4v) is 2.91. The van der Waals surface area contributed by atoms with Gasteiger partial charge in [-0.05, 0) is 31.0 Å². The van der Waals surface area contributed by atoms with Gasteiger partial charge in [-0.25, -0.2) is 8.42 Å². The van der Waals surface area contributed by atoms with Gasteiger partial charge in [0.05, 0.1) is 5.25 Å². The van der Waals surface area contributed by atoms with Crippen LogP contribution in [0.3, 0.4) is 0 Å². The highest BCUT2D eigenvalue weighted by molar-refractivity contribution is 9.10. The molecule has 0 aliphatic carbocycles. The number of hydrogen-bond donors (Lipinski definition) is 1. The lowest BCUT2D eigenvalue weighted by Gasteiger charge is -2.18. The lowest BCUT2D eigenvalue weighted by Crippen LogP contribution is -2.39. The molecule has 0 aliphatic rings. The summed E-state index contributed by atoms with van der Waals surface area (Å²) in [6.45, 7) is 1.62. The Morgan fingerprint density at radius 2 is 2.06 bits per heavy atom. The molecule has 1 aromatic rings. The molecule has 0 amide bonds. The van der Waals surface area contributed by atoms with Crippen LogP contribution in [0.2, 0.25) is 5.02 Å². The van der Waals surface area contributed by atoms with Gasteiger partial charge in [-0.1, -0.05) is 33.6 Å². The zero-order valence-corrected chi connectivity index (χ0v) is 12.8. The highest BCUT2D eigenvalue weighted by Crippen LogP contribution is 2.23. The fourth-order valence-electron chi connectivity index (χ4n) is 1.42. The topological polar surface area (TPSA) is 60.2 Å².